The third-order valence-corrected chi connectivity index (χ3v) is 6.09. The Labute approximate surface area is 122 Å². The van der Waals surface area contributed by atoms with E-state index in [1.165, 1.54) is 10.0 Å². The molecule has 0 fully saturated rings. The molecule has 19 heavy (non-hydrogen) atoms. The molecular weight excluding hydrogens is 303 g/mol. The summed E-state index contributed by atoms with van der Waals surface area (Å²) in [6.07, 6.45) is 2.08. The van der Waals surface area contributed by atoms with Crippen molar-refractivity contribution in [3.8, 4) is 0 Å². The Morgan fingerprint density at radius 2 is 2.00 bits per heavy atom. The van der Waals surface area contributed by atoms with Gasteiger partial charge in [-0.15, -0.1) is 0 Å². The average Bonchev–Trinajstić information content (AvgIpc) is 2.44. The Morgan fingerprint density at radius 3 is 2.53 bits per heavy atom. The van der Waals surface area contributed by atoms with Gasteiger partial charge in [-0.25, -0.2) is 0 Å². The number of ether oxygens (including phenoxy) is 1. The van der Waals surface area contributed by atoms with Gasteiger partial charge in [-0.05, 0) is 0 Å². The van der Waals surface area contributed by atoms with E-state index >= 15 is 0 Å². The molecule has 0 aliphatic carbocycles. The van der Waals surface area contributed by atoms with Gasteiger partial charge in [-0.1, -0.05) is 0 Å². The normalized spacial score (nSPS) is 14.8. The van der Waals surface area contributed by atoms with Gasteiger partial charge in [0.05, 0.1) is 0 Å². The molecular formula is C16H22O2Se. The van der Waals surface area contributed by atoms with Gasteiger partial charge in [-0.2, -0.15) is 0 Å². The molecule has 0 aromatic heterocycles. The molecule has 0 aliphatic heterocycles. The second-order valence-corrected chi connectivity index (χ2v) is 6.97. The molecule has 1 aromatic rings. The number of benzene rings is 1. The van der Waals surface area contributed by atoms with Crippen LogP contribution in [0.25, 0.3) is 0 Å². The van der Waals surface area contributed by atoms with E-state index in [0.717, 1.165) is 0 Å². The number of carbonyl (C=O) groups excluding carboxylic acids is 1. The van der Waals surface area contributed by atoms with Gasteiger partial charge in [0.15, 0.2) is 0 Å². The molecule has 2 unspecified atom stereocenters. The van der Waals surface area contributed by atoms with Gasteiger partial charge in [-0.3, -0.25) is 0 Å². The topological polar surface area (TPSA) is 26.3 Å². The van der Waals surface area contributed by atoms with Gasteiger partial charge >= 0.3 is 122 Å². The molecule has 0 N–H and O–H groups in total. The molecule has 1 aromatic carbocycles. The summed E-state index contributed by atoms with van der Waals surface area (Å²) in [6.45, 7) is 8.52. The van der Waals surface area contributed by atoms with Crippen LogP contribution < -0.4 is 4.46 Å². The first-order valence-corrected chi connectivity index (χ1v) is 8.45. The van der Waals surface area contributed by atoms with E-state index in [1.807, 2.05) is 32.0 Å². The minimum absolute atomic E-state index is 0.0500. The van der Waals surface area contributed by atoms with E-state index in [-0.39, 0.29) is 31.7 Å². The quantitative estimate of drug-likeness (QED) is 0.457. The summed E-state index contributed by atoms with van der Waals surface area (Å²) in [5.74, 6) is 0.157. The SMILES string of the molecule is C/C=C(/C)C(C)C([Se]c1ccccc1)C(=O)OCC. The van der Waals surface area contributed by atoms with E-state index in [9.17, 15) is 4.79 Å². The first kappa shape index (κ1) is 16.0. The Hall–Kier alpha value is -1.05. The summed E-state index contributed by atoms with van der Waals surface area (Å²) in [4.78, 5) is 12.1. The van der Waals surface area contributed by atoms with Crippen molar-refractivity contribution in [1.29, 1.82) is 0 Å². The number of carbonyl (C=O) groups is 1. The van der Waals surface area contributed by atoms with Gasteiger partial charge in [0.25, 0.3) is 0 Å². The average molecular weight is 325 g/mol. The van der Waals surface area contributed by atoms with Crippen molar-refractivity contribution in [1.82, 2.24) is 0 Å². The summed E-state index contributed by atoms with van der Waals surface area (Å²) in [6, 6.07) is 10.2. The van der Waals surface area contributed by atoms with E-state index in [1.54, 1.807) is 0 Å². The van der Waals surface area contributed by atoms with E-state index in [0.29, 0.717) is 6.61 Å². The van der Waals surface area contributed by atoms with Crippen LogP contribution in [0, 0.1) is 5.92 Å². The summed E-state index contributed by atoms with van der Waals surface area (Å²) >= 11 is 0.0944. The van der Waals surface area contributed by atoms with E-state index < -0.39 is 0 Å². The van der Waals surface area contributed by atoms with Crippen molar-refractivity contribution in [3.05, 3.63) is 42.0 Å². The molecule has 0 heterocycles. The Morgan fingerprint density at radius 1 is 1.37 bits per heavy atom. The number of hydrogen-bond donors (Lipinski definition) is 0. The monoisotopic (exact) mass is 326 g/mol. The number of allylic oxidation sites excluding steroid dienone is 2. The molecule has 0 aliphatic rings. The van der Waals surface area contributed by atoms with Crippen LogP contribution in [0.3, 0.4) is 0 Å². The standard InChI is InChI=1S/C16H22O2Se/c1-5-12(3)13(4)15(16(17)18-6-2)19-14-10-8-7-9-11-14/h5,7-11,13,15H,6H2,1-4H3/b12-5-. The van der Waals surface area contributed by atoms with Crippen molar-refractivity contribution >= 4 is 25.4 Å². The minimum atomic E-state index is -0.0694. The van der Waals surface area contributed by atoms with E-state index in [2.05, 4.69) is 32.1 Å². The van der Waals surface area contributed by atoms with Crippen molar-refractivity contribution in [2.45, 2.75) is 32.5 Å². The molecule has 0 spiro atoms. The predicted octanol–water partition coefficient (Wildman–Crippen LogP) is 2.97. The fraction of sp³-hybridized carbons (Fsp3) is 0.438. The van der Waals surface area contributed by atoms with Crippen LogP contribution in [-0.4, -0.2) is 27.5 Å². The second kappa shape index (κ2) is 8.19. The fourth-order valence-corrected chi connectivity index (χ4v) is 4.22. The zero-order valence-corrected chi connectivity index (χ0v) is 13.8. The van der Waals surface area contributed by atoms with Crippen LogP contribution in [0.15, 0.2) is 42.0 Å². The van der Waals surface area contributed by atoms with Gasteiger partial charge in [0.2, 0.25) is 0 Å². The Balaban J connectivity index is 2.89. The maximum absolute atomic E-state index is 12.2. The first-order chi connectivity index (χ1) is 9.10. The Bertz CT molecular complexity index is 426. The van der Waals surface area contributed by atoms with Gasteiger partial charge < -0.3 is 0 Å². The zero-order chi connectivity index (χ0) is 14.3. The predicted molar refractivity (Wildman–Crippen MR) is 80.8 cm³/mol. The summed E-state index contributed by atoms with van der Waals surface area (Å²) in [7, 11) is 0. The molecule has 0 bridgehead atoms. The fourth-order valence-electron chi connectivity index (χ4n) is 1.73. The molecule has 0 saturated heterocycles. The van der Waals surface area contributed by atoms with Crippen LogP contribution in [0.2, 0.25) is 4.82 Å². The maximum atomic E-state index is 12.2. The van der Waals surface area contributed by atoms with Crippen LogP contribution in [0.1, 0.15) is 27.7 Å². The summed E-state index contributed by atoms with van der Waals surface area (Å²) < 4.78 is 6.48. The van der Waals surface area contributed by atoms with Gasteiger partial charge in [0, 0.05) is 0 Å². The number of hydrogen-bond acceptors (Lipinski definition) is 2. The molecule has 3 heteroatoms. The van der Waals surface area contributed by atoms with E-state index in [4.69, 9.17) is 4.74 Å². The van der Waals surface area contributed by atoms with Crippen molar-refractivity contribution in [2.75, 3.05) is 6.61 Å². The molecule has 0 saturated carbocycles. The molecule has 2 nitrogen and oxygen atoms in total. The molecule has 0 radical (unpaired) electrons. The third-order valence-electron chi connectivity index (χ3n) is 3.15. The third kappa shape index (κ3) is 4.85. The number of rotatable bonds is 6. The van der Waals surface area contributed by atoms with Gasteiger partial charge in [0.1, 0.15) is 0 Å². The van der Waals surface area contributed by atoms with Crippen molar-refractivity contribution < 1.29 is 9.53 Å². The second-order valence-electron chi connectivity index (χ2n) is 4.42. The molecule has 1 rings (SSSR count). The molecule has 2 atom stereocenters. The van der Waals surface area contributed by atoms with Crippen LogP contribution >= 0.6 is 0 Å². The Kier molecular flexibility index (Phi) is 6.90. The zero-order valence-electron chi connectivity index (χ0n) is 12.1. The first-order valence-electron chi connectivity index (χ1n) is 6.61. The van der Waals surface area contributed by atoms with Crippen molar-refractivity contribution in [3.63, 3.8) is 0 Å². The molecule has 104 valence electrons. The van der Waals surface area contributed by atoms with Crippen molar-refractivity contribution in [2.24, 2.45) is 5.92 Å². The van der Waals surface area contributed by atoms with Crippen LogP contribution in [0.5, 0.6) is 0 Å². The molecule has 0 amide bonds. The van der Waals surface area contributed by atoms with Crippen LogP contribution in [-0.2, 0) is 9.53 Å². The van der Waals surface area contributed by atoms with Crippen LogP contribution in [0.4, 0.5) is 0 Å². The summed E-state index contributed by atoms with van der Waals surface area (Å²) in [5, 5.41) is 0. The summed E-state index contributed by atoms with van der Waals surface area (Å²) in [5.41, 5.74) is 1.25. The number of esters is 1.